The number of hydrogen-bond donors (Lipinski definition) is 0. The Labute approximate surface area is 218 Å². The summed E-state index contributed by atoms with van der Waals surface area (Å²) in [6, 6.07) is 10.0. The zero-order valence-corrected chi connectivity index (χ0v) is 20.7. The molecule has 198 valence electrons. The van der Waals surface area contributed by atoms with Crippen molar-refractivity contribution in [2.75, 3.05) is 26.4 Å². The molecule has 0 N–H and O–H groups in total. The Bertz CT molecular complexity index is 1310. The zero-order chi connectivity index (χ0) is 26.4. The Morgan fingerprint density at radius 2 is 1.24 bits per heavy atom. The van der Waals surface area contributed by atoms with E-state index in [4.69, 9.17) is 28.4 Å². The third-order valence-corrected chi connectivity index (χ3v) is 7.85. The van der Waals surface area contributed by atoms with Gasteiger partial charge in [0, 0.05) is 34.6 Å². The maximum absolute atomic E-state index is 13.2. The van der Waals surface area contributed by atoms with E-state index in [1.807, 2.05) is 6.92 Å². The number of hydrogen-bond acceptors (Lipinski definition) is 10. The van der Waals surface area contributed by atoms with Gasteiger partial charge in [-0.05, 0) is 31.4 Å². The second kappa shape index (κ2) is 9.34. The van der Waals surface area contributed by atoms with Gasteiger partial charge in [-0.3, -0.25) is 9.59 Å². The molecule has 10 nitrogen and oxygen atoms in total. The first kappa shape index (κ1) is 24.3. The molecule has 0 saturated heterocycles. The average molecular weight is 523 g/mol. The molecule has 0 amide bonds. The second-order valence-electron chi connectivity index (χ2n) is 10.0. The van der Waals surface area contributed by atoms with Crippen molar-refractivity contribution >= 4 is 23.9 Å². The van der Waals surface area contributed by atoms with Crippen LogP contribution in [0.4, 0.5) is 0 Å². The van der Waals surface area contributed by atoms with Gasteiger partial charge in [-0.1, -0.05) is 19.1 Å². The van der Waals surface area contributed by atoms with Gasteiger partial charge in [0.25, 0.3) is 0 Å². The molecule has 1 fully saturated rings. The largest absolute Gasteiger partial charge is 0.482 e. The minimum Gasteiger partial charge on any atom is -0.482 e. The summed E-state index contributed by atoms with van der Waals surface area (Å²) in [6.07, 6.45) is 1.94. The number of rotatable bonds is 0. The molecule has 8 rings (SSSR count). The molecular weight excluding hydrogens is 496 g/mol. The van der Waals surface area contributed by atoms with Crippen LogP contribution in [0.15, 0.2) is 36.4 Å². The van der Waals surface area contributed by atoms with E-state index in [0.29, 0.717) is 53.4 Å². The van der Waals surface area contributed by atoms with Crippen molar-refractivity contribution < 1.29 is 47.6 Å². The Morgan fingerprint density at radius 1 is 0.684 bits per heavy atom. The van der Waals surface area contributed by atoms with Crippen molar-refractivity contribution in [2.45, 2.75) is 37.5 Å². The fourth-order valence-corrected chi connectivity index (χ4v) is 6.05. The summed E-state index contributed by atoms with van der Waals surface area (Å²) in [6.45, 7) is 1.70. The highest BCUT2D eigenvalue weighted by atomic mass is 16.6. The van der Waals surface area contributed by atoms with Crippen LogP contribution in [0.5, 0.6) is 23.0 Å². The van der Waals surface area contributed by atoms with Crippen molar-refractivity contribution in [3.05, 3.63) is 47.5 Å². The lowest BCUT2D eigenvalue weighted by Gasteiger charge is -2.60. The Balaban J connectivity index is 1.33. The van der Waals surface area contributed by atoms with Crippen LogP contribution in [-0.2, 0) is 34.1 Å². The van der Waals surface area contributed by atoms with Gasteiger partial charge in [-0.2, -0.15) is 0 Å². The average Bonchev–Trinajstić information content (AvgIpc) is 2.88. The monoisotopic (exact) mass is 522 g/mol. The molecule has 4 atom stereocenters. The normalized spacial score (nSPS) is 28.7. The molecule has 5 aliphatic heterocycles. The highest BCUT2D eigenvalue weighted by Crippen LogP contribution is 2.68. The number of esters is 4. The Morgan fingerprint density at radius 3 is 1.87 bits per heavy atom. The van der Waals surface area contributed by atoms with Crippen LogP contribution in [0, 0.1) is 11.8 Å². The maximum Gasteiger partial charge on any atom is 0.344 e. The smallest absolute Gasteiger partial charge is 0.344 e. The van der Waals surface area contributed by atoms with Gasteiger partial charge < -0.3 is 28.4 Å². The summed E-state index contributed by atoms with van der Waals surface area (Å²) in [4.78, 5) is 50.6. The van der Waals surface area contributed by atoms with E-state index in [0.717, 1.165) is 0 Å². The Hall–Kier alpha value is -4.08. The second-order valence-corrected chi connectivity index (χ2v) is 10.0. The molecule has 0 radical (unpaired) electrons. The third kappa shape index (κ3) is 3.95. The van der Waals surface area contributed by atoms with Gasteiger partial charge in [0.2, 0.25) is 0 Å². The molecule has 38 heavy (non-hydrogen) atoms. The van der Waals surface area contributed by atoms with E-state index in [2.05, 4.69) is 0 Å². The first-order chi connectivity index (χ1) is 18.4. The molecule has 5 heterocycles. The predicted octanol–water partition coefficient (Wildman–Crippen LogP) is 2.84. The standard InChI is InChI=1S/C28H26O10/c1-28-18-8-6-16-12-20(18)38-27(32)25(28)23-17-7-5-15(11-19(17)37-26(31)24(23)28)35-13-21(29)33-9-3-2-4-10-34-22(30)14-36-16/h5-8,11-12,23-25H,2-4,9-10,13-14H2,1H3/t23-,24-,25+,28+/m0/s1. The van der Waals surface area contributed by atoms with Crippen LogP contribution in [0.1, 0.15) is 43.2 Å². The van der Waals surface area contributed by atoms with Crippen molar-refractivity contribution in [1.29, 1.82) is 0 Å². The van der Waals surface area contributed by atoms with Crippen LogP contribution < -0.4 is 18.9 Å². The van der Waals surface area contributed by atoms with E-state index in [1.54, 1.807) is 36.4 Å². The van der Waals surface area contributed by atoms with Gasteiger partial charge in [0.15, 0.2) is 13.2 Å². The molecule has 10 bridgehead atoms. The van der Waals surface area contributed by atoms with Crippen LogP contribution in [0.25, 0.3) is 0 Å². The first-order valence-corrected chi connectivity index (χ1v) is 12.6. The van der Waals surface area contributed by atoms with Gasteiger partial charge in [0.05, 0.1) is 25.0 Å². The topological polar surface area (TPSA) is 124 Å². The van der Waals surface area contributed by atoms with Crippen LogP contribution >= 0.6 is 0 Å². The lowest BCUT2D eigenvalue weighted by Crippen LogP contribution is -2.66. The molecule has 2 aromatic carbocycles. The summed E-state index contributed by atoms with van der Waals surface area (Å²) in [5.41, 5.74) is 0.570. The van der Waals surface area contributed by atoms with Crippen LogP contribution in [0.3, 0.4) is 0 Å². The number of fused-ring (bicyclic) bond motifs is 2. The lowest BCUT2D eigenvalue weighted by molar-refractivity contribution is -0.171. The quantitative estimate of drug-likeness (QED) is 0.377. The van der Waals surface area contributed by atoms with Gasteiger partial charge in [-0.25, -0.2) is 9.59 Å². The van der Waals surface area contributed by atoms with Crippen LogP contribution in [-0.4, -0.2) is 50.3 Å². The number of carbonyl (C=O) groups excluding carboxylic acids is 4. The molecule has 6 aliphatic rings. The molecule has 1 aliphatic carbocycles. The summed E-state index contributed by atoms with van der Waals surface area (Å²) >= 11 is 0. The van der Waals surface area contributed by atoms with Gasteiger partial charge in [0.1, 0.15) is 23.0 Å². The van der Waals surface area contributed by atoms with Crippen molar-refractivity contribution in [2.24, 2.45) is 11.8 Å². The molecule has 0 unspecified atom stereocenters. The highest BCUT2D eigenvalue weighted by Gasteiger charge is 2.71. The minimum absolute atomic E-state index is 0.220. The fraction of sp³-hybridized carbons (Fsp3) is 0.429. The van der Waals surface area contributed by atoms with Crippen molar-refractivity contribution in [1.82, 2.24) is 0 Å². The number of carbonyl (C=O) groups is 4. The predicted molar refractivity (Wildman–Crippen MR) is 128 cm³/mol. The van der Waals surface area contributed by atoms with Crippen LogP contribution in [0.2, 0.25) is 0 Å². The maximum atomic E-state index is 13.2. The fourth-order valence-electron chi connectivity index (χ4n) is 6.05. The Kier molecular flexibility index (Phi) is 5.97. The molecule has 0 aromatic heterocycles. The van der Waals surface area contributed by atoms with E-state index >= 15 is 0 Å². The van der Waals surface area contributed by atoms with Crippen molar-refractivity contribution in [3.8, 4) is 23.0 Å². The lowest BCUT2D eigenvalue weighted by atomic mass is 9.42. The van der Waals surface area contributed by atoms with E-state index < -0.39 is 47.0 Å². The minimum atomic E-state index is -0.839. The zero-order valence-electron chi connectivity index (χ0n) is 20.7. The van der Waals surface area contributed by atoms with Crippen molar-refractivity contribution in [3.63, 3.8) is 0 Å². The first-order valence-electron chi connectivity index (χ1n) is 12.6. The number of benzene rings is 2. The molecule has 1 saturated carbocycles. The van der Waals surface area contributed by atoms with Gasteiger partial charge in [-0.15, -0.1) is 0 Å². The SMILES string of the molecule is C[C@]12c3ccc4cc3OC(=O)[C@H]1[C@H]1c3ccc(cc3OC(=O)[C@H]12)OCC(=O)OCCCCCOC(=O)CO4. The summed E-state index contributed by atoms with van der Waals surface area (Å²) in [7, 11) is 0. The van der Waals surface area contributed by atoms with E-state index in [9.17, 15) is 19.2 Å². The molecule has 10 heteroatoms. The molecular formula is C28H26O10. The number of ether oxygens (including phenoxy) is 6. The summed E-state index contributed by atoms with van der Waals surface area (Å²) < 4.78 is 32.9. The molecule has 2 aromatic rings. The highest BCUT2D eigenvalue weighted by molar-refractivity contribution is 5.93. The van der Waals surface area contributed by atoms with E-state index in [1.165, 1.54) is 0 Å². The van der Waals surface area contributed by atoms with E-state index in [-0.39, 0.29) is 26.4 Å². The third-order valence-electron chi connectivity index (χ3n) is 7.85. The summed E-state index contributed by atoms with van der Waals surface area (Å²) in [5.74, 6) is -2.30. The molecule has 0 spiro atoms. The van der Waals surface area contributed by atoms with Gasteiger partial charge >= 0.3 is 23.9 Å². The summed E-state index contributed by atoms with van der Waals surface area (Å²) in [5, 5.41) is 0.